The van der Waals surface area contributed by atoms with Crippen LogP contribution in [0.2, 0.25) is 0 Å². The van der Waals surface area contributed by atoms with Crippen molar-refractivity contribution in [3.8, 4) is 11.5 Å². The Bertz CT molecular complexity index is 1450. The van der Waals surface area contributed by atoms with Gasteiger partial charge in [0, 0.05) is 17.7 Å². The number of hydrazone groups is 1. The van der Waals surface area contributed by atoms with Gasteiger partial charge >= 0.3 is 0 Å². The third-order valence-corrected chi connectivity index (χ3v) is 6.03. The maximum Gasteiger partial charge on any atom is 0.286 e. The van der Waals surface area contributed by atoms with Crippen LogP contribution in [0.1, 0.15) is 21.5 Å². The molecular formula is C22H16N4O7S. The van der Waals surface area contributed by atoms with Crippen LogP contribution in [-0.2, 0) is 10.0 Å². The molecule has 3 aromatic rings. The van der Waals surface area contributed by atoms with Gasteiger partial charge in [0.25, 0.3) is 21.6 Å². The van der Waals surface area contributed by atoms with E-state index in [4.69, 9.17) is 9.47 Å². The zero-order chi connectivity index (χ0) is 24.3. The van der Waals surface area contributed by atoms with Gasteiger partial charge in [0.15, 0.2) is 11.5 Å². The number of nitrogens with one attached hydrogen (secondary N) is 1. The summed E-state index contributed by atoms with van der Waals surface area (Å²) in [5.74, 6) is -0.0850. The monoisotopic (exact) mass is 480 g/mol. The Kier molecular flexibility index (Phi) is 6.06. The number of hydrogen-bond donors (Lipinski definition) is 1. The number of nitrogens with zero attached hydrogens (tertiary/aromatic N) is 3. The van der Waals surface area contributed by atoms with Gasteiger partial charge in [-0.2, -0.15) is 13.5 Å². The maximum atomic E-state index is 12.2. The van der Waals surface area contributed by atoms with Crippen molar-refractivity contribution in [3.05, 3.63) is 93.5 Å². The molecular weight excluding hydrogens is 464 g/mol. The molecule has 0 atom stereocenters. The van der Waals surface area contributed by atoms with Crippen LogP contribution in [0.5, 0.6) is 11.5 Å². The Morgan fingerprint density at radius 2 is 1.82 bits per heavy atom. The highest BCUT2D eigenvalue weighted by molar-refractivity contribution is 7.90. The summed E-state index contributed by atoms with van der Waals surface area (Å²) in [7, 11) is -2.41. The van der Waals surface area contributed by atoms with E-state index in [9.17, 15) is 23.3 Å². The van der Waals surface area contributed by atoms with Gasteiger partial charge in [-0.05, 0) is 48.0 Å². The molecule has 0 saturated heterocycles. The molecule has 1 heterocycles. The second-order valence-electron chi connectivity index (χ2n) is 6.88. The predicted octanol–water partition coefficient (Wildman–Crippen LogP) is 2.90. The second-order valence-corrected chi connectivity index (χ2v) is 8.46. The van der Waals surface area contributed by atoms with Crippen molar-refractivity contribution in [1.82, 2.24) is 5.43 Å². The molecule has 0 aliphatic carbocycles. The van der Waals surface area contributed by atoms with Crippen molar-refractivity contribution in [2.24, 2.45) is 9.50 Å². The molecule has 172 valence electrons. The Morgan fingerprint density at radius 3 is 2.53 bits per heavy atom. The van der Waals surface area contributed by atoms with E-state index in [0.29, 0.717) is 11.1 Å². The van der Waals surface area contributed by atoms with Gasteiger partial charge in [0.05, 0.1) is 23.8 Å². The van der Waals surface area contributed by atoms with E-state index in [1.165, 1.54) is 43.7 Å². The van der Waals surface area contributed by atoms with Crippen molar-refractivity contribution < 1.29 is 27.6 Å². The summed E-state index contributed by atoms with van der Waals surface area (Å²) in [6.45, 7) is 0. The number of carbonyl (C=O) groups excluding carboxylic acids is 1. The fourth-order valence-corrected chi connectivity index (χ4v) is 4.20. The van der Waals surface area contributed by atoms with E-state index in [1.807, 2.05) is 0 Å². The number of methoxy groups -OCH3 is 1. The molecule has 0 unspecified atom stereocenters. The number of fused-ring (bicyclic) bond motifs is 1. The van der Waals surface area contributed by atoms with E-state index in [0.717, 1.165) is 0 Å². The lowest BCUT2D eigenvalue weighted by atomic mass is 10.2. The Balaban J connectivity index is 1.47. The van der Waals surface area contributed by atoms with Crippen LogP contribution in [0.15, 0.2) is 81.1 Å². The van der Waals surface area contributed by atoms with Crippen molar-refractivity contribution >= 4 is 33.7 Å². The Hall–Kier alpha value is -4.58. The van der Waals surface area contributed by atoms with Crippen LogP contribution in [0, 0.1) is 10.1 Å². The third-order valence-electron chi connectivity index (χ3n) is 4.71. The van der Waals surface area contributed by atoms with E-state index in [1.54, 1.807) is 36.4 Å². The molecule has 0 bridgehead atoms. The van der Waals surface area contributed by atoms with Crippen molar-refractivity contribution in [2.75, 3.05) is 7.11 Å². The van der Waals surface area contributed by atoms with Gasteiger partial charge in [-0.1, -0.05) is 12.1 Å². The molecule has 0 fully saturated rings. The summed E-state index contributed by atoms with van der Waals surface area (Å²) in [5, 5.41) is 14.6. The molecule has 0 spiro atoms. The lowest BCUT2D eigenvalue weighted by molar-refractivity contribution is -0.384. The SMILES string of the molecule is COc1cc(C=NNC(=O)c2ccc([N+](=O)[O-])cc2)ccc1OC1=NS(=O)(=O)c2ccccc21. The van der Waals surface area contributed by atoms with Gasteiger partial charge in [-0.3, -0.25) is 14.9 Å². The number of nitro benzene ring substituents is 1. The second kappa shape index (κ2) is 9.11. The van der Waals surface area contributed by atoms with Crippen LogP contribution in [0.4, 0.5) is 5.69 Å². The number of nitro groups is 1. The lowest BCUT2D eigenvalue weighted by Crippen LogP contribution is -2.17. The molecule has 11 nitrogen and oxygen atoms in total. The molecule has 1 amide bonds. The molecule has 0 radical (unpaired) electrons. The molecule has 34 heavy (non-hydrogen) atoms. The Labute approximate surface area is 193 Å². The molecule has 1 aliphatic heterocycles. The standard InChI is InChI=1S/C22H16N4O7S/c1-32-19-12-14(13-23-24-21(27)15-7-9-16(10-8-15)26(28)29)6-11-18(19)33-22-17-4-2-3-5-20(17)34(30,31)25-22/h2-13H,1H3,(H,24,27). The molecule has 1 aliphatic rings. The van der Waals surface area contributed by atoms with E-state index in [2.05, 4.69) is 14.9 Å². The van der Waals surface area contributed by atoms with E-state index < -0.39 is 20.9 Å². The summed E-state index contributed by atoms with van der Waals surface area (Å²) in [6.07, 6.45) is 1.36. The lowest BCUT2D eigenvalue weighted by Gasteiger charge is -2.10. The number of benzene rings is 3. The number of carbonyl (C=O) groups is 1. The fourth-order valence-electron chi connectivity index (χ4n) is 3.07. The first kappa shape index (κ1) is 22.6. The third kappa shape index (κ3) is 4.61. The Morgan fingerprint density at radius 1 is 1.09 bits per heavy atom. The van der Waals surface area contributed by atoms with Gasteiger partial charge in [0.1, 0.15) is 4.90 Å². The molecule has 0 aromatic heterocycles. The summed E-state index contributed by atoms with van der Waals surface area (Å²) >= 11 is 0. The van der Waals surface area contributed by atoms with Crippen LogP contribution in [-0.4, -0.2) is 38.5 Å². The van der Waals surface area contributed by atoms with Crippen LogP contribution in [0.3, 0.4) is 0 Å². The quantitative estimate of drug-likeness (QED) is 0.324. The highest BCUT2D eigenvalue weighted by Gasteiger charge is 2.30. The van der Waals surface area contributed by atoms with Crippen molar-refractivity contribution in [3.63, 3.8) is 0 Å². The highest BCUT2D eigenvalue weighted by Crippen LogP contribution is 2.32. The summed E-state index contributed by atoms with van der Waals surface area (Å²) in [6, 6.07) is 16.2. The summed E-state index contributed by atoms with van der Waals surface area (Å²) < 4.78 is 39.2. The number of sulfonamides is 1. The highest BCUT2D eigenvalue weighted by atomic mass is 32.2. The van der Waals surface area contributed by atoms with E-state index >= 15 is 0 Å². The minimum Gasteiger partial charge on any atom is -0.493 e. The van der Waals surface area contributed by atoms with Gasteiger partial charge < -0.3 is 9.47 Å². The first-order valence-corrected chi connectivity index (χ1v) is 11.1. The molecule has 1 N–H and O–H groups in total. The normalized spacial score (nSPS) is 13.7. The molecule has 4 rings (SSSR count). The average Bonchev–Trinajstić information content (AvgIpc) is 3.09. The number of non-ortho nitro benzene ring substituents is 1. The summed E-state index contributed by atoms with van der Waals surface area (Å²) in [5.41, 5.74) is 3.31. The zero-order valence-corrected chi connectivity index (χ0v) is 18.4. The predicted molar refractivity (Wildman–Crippen MR) is 122 cm³/mol. The number of ether oxygens (including phenoxy) is 2. The van der Waals surface area contributed by atoms with Gasteiger partial charge in [-0.25, -0.2) is 5.43 Å². The molecule has 3 aromatic carbocycles. The summed E-state index contributed by atoms with van der Waals surface area (Å²) in [4.78, 5) is 22.3. The first-order chi connectivity index (χ1) is 16.3. The largest absolute Gasteiger partial charge is 0.493 e. The zero-order valence-electron chi connectivity index (χ0n) is 17.5. The smallest absolute Gasteiger partial charge is 0.286 e. The van der Waals surface area contributed by atoms with Crippen LogP contribution >= 0.6 is 0 Å². The number of amides is 1. The van der Waals surface area contributed by atoms with Crippen molar-refractivity contribution in [1.29, 1.82) is 0 Å². The van der Waals surface area contributed by atoms with Crippen LogP contribution < -0.4 is 14.9 Å². The topological polar surface area (TPSA) is 150 Å². The van der Waals surface area contributed by atoms with E-state index in [-0.39, 0.29) is 33.5 Å². The average molecular weight is 480 g/mol. The van der Waals surface area contributed by atoms with Gasteiger partial charge in [0.2, 0.25) is 5.90 Å². The minimum absolute atomic E-state index is 0.0642. The number of hydrogen-bond acceptors (Lipinski definition) is 8. The molecule has 12 heteroatoms. The van der Waals surface area contributed by atoms with Gasteiger partial charge in [-0.15, -0.1) is 4.40 Å². The fraction of sp³-hybridized carbons (Fsp3) is 0.0455. The van der Waals surface area contributed by atoms with Crippen LogP contribution in [0.25, 0.3) is 0 Å². The first-order valence-electron chi connectivity index (χ1n) is 9.66. The molecule has 0 saturated carbocycles. The van der Waals surface area contributed by atoms with Crippen molar-refractivity contribution in [2.45, 2.75) is 4.90 Å². The maximum absolute atomic E-state index is 12.2. The minimum atomic E-state index is -3.82. The number of rotatable bonds is 6.